The number of nitrogens with zero attached hydrogens (tertiary/aromatic N) is 1. The Bertz CT molecular complexity index is 139. The smallest absolute Gasteiger partial charge is 0.00191 e. The molecule has 90 valence electrons. The summed E-state index contributed by atoms with van der Waals surface area (Å²) in [6, 6.07) is 0. The highest BCUT2D eigenvalue weighted by atomic mass is 15.1. The molecule has 0 aliphatic carbocycles. The first-order valence-electron chi connectivity index (χ1n) is 6.76. The van der Waals surface area contributed by atoms with Crippen LogP contribution in [-0.4, -0.2) is 37.6 Å². The normalized spacial score (nSPS) is 22.0. The Hall–Kier alpha value is -0.0800. The van der Waals surface area contributed by atoms with E-state index >= 15 is 0 Å². The summed E-state index contributed by atoms with van der Waals surface area (Å²) in [5, 5.41) is 3.44. The van der Waals surface area contributed by atoms with Crippen molar-refractivity contribution in [2.75, 3.05) is 32.7 Å². The van der Waals surface area contributed by atoms with Gasteiger partial charge in [0.2, 0.25) is 0 Å². The Labute approximate surface area is 95.4 Å². The molecule has 0 aromatic rings. The molecule has 2 heteroatoms. The Morgan fingerprint density at radius 2 is 1.67 bits per heavy atom. The summed E-state index contributed by atoms with van der Waals surface area (Å²) >= 11 is 0. The maximum Gasteiger partial charge on any atom is 0.00191 e. The van der Waals surface area contributed by atoms with E-state index in [1.807, 2.05) is 0 Å². The molecule has 1 atom stereocenters. The van der Waals surface area contributed by atoms with Gasteiger partial charge in [0, 0.05) is 6.54 Å². The van der Waals surface area contributed by atoms with Crippen LogP contribution in [0, 0.1) is 5.92 Å². The van der Waals surface area contributed by atoms with E-state index < -0.39 is 0 Å². The van der Waals surface area contributed by atoms with Crippen LogP contribution in [0.25, 0.3) is 0 Å². The van der Waals surface area contributed by atoms with Gasteiger partial charge in [-0.05, 0) is 44.9 Å². The van der Waals surface area contributed by atoms with Crippen molar-refractivity contribution in [1.82, 2.24) is 10.2 Å². The van der Waals surface area contributed by atoms with Gasteiger partial charge in [0.25, 0.3) is 0 Å². The standard InChI is InChI=1S/C13H28N2/c1-3-14-11-13(2)12-15-9-7-5-4-6-8-10-15/h13-14H,3-12H2,1-2H3. The molecule has 2 nitrogen and oxygen atoms in total. The second-order valence-corrected chi connectivity index (χ2v) is 4.98. The third kappa shape index (κ3) is 6.16. The third-order valence-electron chi connectivity index (χ3n) is 3.26. The van der Waals surface area contributed by atoms with Gasteiger partial charge in [-0.15, -0.1) is 0 Å². The van der Waals surface area contributed by atoms with Crippen LogP contribution in [-0.2, 0) is 0 Å². The van der Waals surface area contributed by atoms with Crippen LogP contribution in [0.2, 0.25) is 0 Å². The average Bonchev–Trinajstić information content (AvgIpc) is 2.19. The molecule has 1 fully saturated rings. The molecular formula is C13H28N2. The molecule has 1 N–H and O–H groups in total. The maximum absolute atomic E-state index is 3.44. The van der Waals surface area contributed by atoms with Crippen LogP contribution in [0.15, 0.2) is 0 Å². The molecule has 0 radical (unpaired) electrons. The number of rotatable bonds is 5. The van der Waals surface area contributed by atoms with E-state index in [4.69, 9.17) is 0 Å². The molecule has 1 heterocycles. The summed E-state index contributed by atoms with van der Waals surface area (Å²) in [5.41, 5.74) is 0. The van der Waals surface area contributed by atoms with Gasteiger partial charge < -0.3 is 10.2 Å². The molecule has 0 bridgehead atoms. The fourth-order valence-electron chi connectivity index (χ4n) is 2.39. The highest BCUT2D eigenvalue weighted by Gasteiger charge is 2.11. The van der Waals surface area contributed by atoms with Crippen molar-refractivity contribution in [2.24, 2.45) is 5.92 Å². The summed E-state index contributed by atoms with van der Waals surface area (Å²) in [5.74, 6) is 0.796. The summed E-state index contributed by atoms with van der Waals surface area (Å²) in [6.07, 6.45) is 7.17. The molecule has 15 heavy (non-hydrogen) atoms. The first kappa shape index (κ1) is 13.0. The van der Waals surface area contributed by atoms with Crippen molar-refractivity contribution in [1.29, 1.82) is 0 Å². The predicted molar refractivity (Wildman–Crippen MR) is 67.2 cm³/mol. The zero-order valence-corrected chi connectivity index (χ0v) is 10.6. The van der Waals surface area contributed by atoms with E-state index in [2.05, 4.69) is 24.1 Å². The van der Waals surface area contributed by atoms with Gasteiger partial charge in [-0.25, -0.2) is 0 Å². The lowest BCUT2D eigenvalue weighted by molar-refractivity contribution is 0.215. The monoisotopic (exact) mass is 212 g/mol. The Morgan fingerprint density at radius 3 is 2.27 bits per heavy atom. The van der Waals surface area contributed by atoms with E-state index in [0.29, 0.717) is 0 Å². The first-order chi connectivity index (χ1) is 7.33. The van der Waals surface area contributed by atoms with Crippen LogP contribution in [0.5, 0.6) is 0 Å². The predicted octanol–water partition coefficient (Wildman–Crippen LogP) is 2.50. The lowest BCUT2D eigenvalue weighted by Crippen LogP contribution is -2.35. The van der Waals surface area contributed by atoms with E-state index in [0.717, 1.165) is 12.5 Å². The molecule has 0 aromatic carbocycles. The maximum atomic E-state index is 3.44. The quantitative estimate of drug-likeness (QED) is 0.753. The highest BCUT2D eigenvalue weighted by Crippen LogP contribution is 2.11. The second-order valence-electron chi connectivity index (χ2n) is 4.98. The second kappa shape index (κ2) is 8.12. The fraction of sp³-hybridized carbons (Fsp3) is 1.00. The van der Waals surface area contributed by atoms with Crippen LogP contribution < -0.4 is 5.32 Å². The molecule has 1 unspecified atom stereocenters. The van der Waals surface area contributed by atoms with Crippen molar-refractivity contribution >= 4 is 0 Å². The van der Waals surface area contributed by atoms with Gasteiger partial charge in [-0.3, -0.25) is 0 Å². The Morgan fingerprint density at radius 1 is 1.07 bits per heavy atom. The summed E-state index contributed by atoms with van der Waals surface area (Å²) in [6.45, 7) is 10.8. The van der Waals surface area contributed by atoms with Gasteiger partial charge in [0.15, 0.2) is 0 Å². The Kier molecular flexibility index (Phi) is 7.03. The molecule has 0 amide bonds. The molecule has 0 aromatic heterocycles. The van der Waals surface area contributed by atoms with Crippen molar-refractivity contribution in [3.63, 3.8) is 0 Å². The summed E-state index contributed by atoms with van der Waals surface area (Å²) < 4.78 is 0. The largest absolute Gasteiger partial charge is 0.317 e. The van der Waals surface area contributed by atoms with Gasteiger partial charge in [-0.1, -0.05) is 33.1 Å². The van der Waals surface area contributed by atoms with Gasteiger partial charge in [-0.2, -0.15) is 0 Å². The Balaban J connectivity index is 2.16. The fourth-order valence-corrected chi connectivity index (χ4v) is 2.39. The number of hydrogen-bond acceptors (Lipinski definition) is 2. The van der Waals surface area contributed by atoms with E-state index in [-0.39, 0.29) is 0 Å². The van der Waals surface area contributed by atoms with Crippen molar-refractivity contribution in [3.8, 4) is 0 Å². The SMILES string of the molecule is CCNCC(C)CN1CCCCCCC1. The van der Waals surface area contributed by atoms with E-state index in [9.17, 15) is 0 Å². The van der Waals surface area contributed by atoms with Crippen LogP contribution in [0.4, 0.5) is 0 Å². The molecule has 1 aliphatic rings. The summed E-state index contributed by atoms with van der Waals surface area (Å²) in [4.78, 5) is 2.67. The first-order valence-corrected chi connectivity index (χ1v) is 6.76. The van der Waals surface area contributed by atoms with Crippen LogP contribution in [0.1, 0.15) is 46.0 Å². The lowest BCUT2D eigenvalue weighted by Gasteiger charge is -2.27. The van der Waals surface area contributed by atoms with E-state index in [1.165, 1.54) is 58.3 Å². The average molecular weight is 212 g/mol. The summed E-state index contributed by atoms with van der Waals surface area (Å²) in [7, 11) is 0. The minimum Gasteiger partial charge on any atom is -0.317 e. The lowest BCUT2D eigenvalue weighted by atomic mass is 10.1. The van der Waals surface area contributed by atoms with Crippen LogP contribution >= 0.6 is 0 Å². The molecule has 0 saturated carbocycles. The van der Waals surface area contributed by atoms with Crippen molar-refractivity contribution < 1.29 is 0 Å². The van der Waals surface area contributed by atoms with E-state index in [1.54, 1.807) is 0 Å². The minimum absolute atomic E-state index is 0.796. The molecule has 1 aliphatic heterocycles. The number of hydrogen-bond donors (Lipinski definition) is 1. The molecule has 1 rings (SSSR count). The van der Waals surface area contributed by atoms with Gasteiger partial charge in [0.05, 0.1) is 0 Å². The molecular weight excluding hydrogens is 184 g/mol. The van der Waals surface area contributed by atoms with Crippen molar-refractivity contribution in [3.05, 3.63) is 0 Å². The molecule has 0 spiro atoms. The van der Waals surface area contributed by atoms with Gasteiger partial charge in [0.1, 0.15) is 0 Å². The zero-order chi connectivity index (χ0) is 10.9. The van der Waals surface area contributed by atoms with Crippen LogP contribution in [0.3, 0.4) is 0 Å². The topological polar surface area (TPSA) is 15.3 Å². The van der Waals surface area contributed by atoms with Gasteiger partial charge >= 0.3 is 0 Å². The number of likely N-dealkylation sites (tertiary alicyclic amines) is 1. The number of nitrogens with one attached hydrogen (secondary N) is 1. The zero-order valence-electron chi connectivity index (χ0n) is 10.6. The highest BCUT2D eigenvalue weighted by molar-refractivity contribution is 4.67. The molecule has 1 saturated heterocycles. The van der Waals surface area contributed by atoms with Crippen molar-refractivity contribution in [2.45, 2.75) is 46.0 Å². The third-order valence-corrected chi connectivity index (χ3v) is 3.26. The minimum atomic E-state index is 0.796.